The number of carbonyl (C=O) groups is 1. The molecule has 1 N–H and O–H groups in total. The van der Waals surface area contributed by atoms with Gasteiger partial charge in [0, 0.05) is 42.7 Å². The van der Waals surface area contributed by atoms with E-state index in [1.54, 1.807) is 6.20 Å². The summed E-state index contributed by atoms with van der Waals surface area (Å²) in [5.41, 5.74) is 1.06. The molecule has 0 spiro atoms. The number of rotatable bonds is 7. The molecule has 2 aliphatic rings. The van der Waals surface area contributed by atoms with Crippen molar-refractivity contribution in [2.24, 2.45) is 5.92 Å². The quantitative estimate of drug-likeness (QED) is 0.776. The zero-order chi connectivity index (χ0) is 19.1. The number of aromatic nitrogens is 1. The van der Waals surface area contributed by atoms with E-state index in [1.807, 2.05) is 30.1 Å². The Balaban J connectivity index is 1.37. The van der Waals surface area contributed by atoms with Crippen molar-refractivity contribution in [1.82, 2.24) is 20.1 Å². The highest BCUT2D eigenvalue weighted by atomic mass is 32.2. The maximum Gasteiger partial charge on any atom is 0.223 e. The van der Waals surface area contributed by atoms with Gasteiger partial charge in [0.1, 0.15) is 0 Å². The second-order valence-electron chi connectivity index (χ2n) is 7.96. The summed E-state index contributed by atoms with van der Waals surface area (Å²) in [6.07, 6.45) is 10.3. The van der Waals surface area contributed by atoms with Gasteiger partial charge in [0.2, 0.25) is 5.91 Å². The summed E-state index contributed by atoms with van der Waals surface area (Å²) in [7, 11) is 0. The first-order valence-electron chi connectivity index (χ1n) is 10.3. The predicted octanol–water partition coefficient (Wildman–Crippen LogP) is 2.63. The third kappa shape index (κ3) is 5.93. The summed E-state index contributed by atoms with van der Waals surface area (Å²) in [4.78, 5) is 21.9. The fourth-order valence-electron chi connectivity index (χ4n) is 4.40. The zero-order valence-electron chi connectivity index (χ0n) is 16.8. The summed E-state index contributed by atoms with van der Waals surface area (Å²) < 4.78 is 0. The van der Waals surface area contributed by atoms with Crippen LogP contribution in [0.2, 0.25) is 0 Å². The first-order chi connectivity index (χ1) is 13.2. The second-order valence-corrected chi connectivity index (χ2v) is 8.87. The molecule has 150 valence electrons. The van der Waals surface area contributed by atoms with Crippen molar-refractivity contribution >= 4 is 17.7 Å². The van der Waals surface area contributed by atoms with Crippen LogP contribution in [-0.4, -0.2) is 71.0 Å². The van der Waals surface area contributed by atoms with Crippen LogP contribution in [0.25, 0.3) is 0 Å². The van der Waals surface area contributed by atoms with E-state index < -0.39 is 0 Å². The average Bonchev–Trinajstić information content (AvgIpc) is 2.73. The molecule has 1 atom stereocenters. The third-order valence-corrected chi connectivity index (χ3v) is 6.95. The van der Waals surface area contributed by atoms with Crippen LogP contribution in [0.5, 0.6) is 0 Å². The van der Waals surface area contributed by atoms with Crippen LogP contribution in [0.3, 0.4) is 0 Å². The fourth-order valence-corrected chi connectivity index (χ4v) is 5.09. The van der Waals surface area contributed by atoms with Crippen molar-refractivity contribution in [1.29, 1.82) is 0 Å². The van der Waals surface area contributed by atoms with Crippen molar-refractivity contribution in [3.8, 4) is 0 Å². The average molecular weight is 391 g/mol. The van der Waals surface area contributed by atoms with E-state index in [2.05, 4.69) is 33.3 Å². The minimum absolute atomic E-state index is 0.166. The van der Waals surface area contributed by atoms with E-state index in [0.717, 1.165) is 31.5 Å². The Labute approximate surface area is 168 Å². The van der Waals surface area contributed by atoms with Crippen LogP contribution in [0.4, 0.5) is 0 Å². The van der Waals surface area contributed by atoms with Crippen LogP contribution < -0.4 is 5.32 Å². The molecule has 0 bridgehead atoms. The number of amides is 1. The number of thioether (sulfide) groups is 1. The van der Waals surface area contributed by atoms with Crippen LogP contribution in [0, 0.1) is 5.92 Å². The Morgan fingerprint density at radius 1 is 1.26 bits per heavy atom. The van der Waals surface area contributed by atoms with Crippen LogP contribution in [0.1, 0.15) is 38.2 Å². The first kappa shape index (κ1) is 20.6. The molecule has 1 aromatic heterocycles. The highest BCUT2D eigenvalue weighted by Gasteiger charge is 2.31. The van der Waals surface area contributed by atoms with Gasteiger partial charge >= 0.3 is 0 Å². The third-order valence-electron chi connectivity index (χ3n) is 6.14. The smallest absolute Gasteiger partial charge is 0.223 e. The van der Waals surface area contributed by atoms with Crippen LogP contribution in [-0.2, 0) is 11.3 Å². The van der Waals surface area contributed by atoms with Gasteiger partial charge in [-0.15, -0.1) is 0 Å². The van der Waals surface area contributed by atoms with Gasteiger partial charge in [-0.3, -0.25) is 14.7 Å². The predicted molar refractivity (Wildman–Crippen MR) is 113 cm³/mol. The van der Waals surface area contributed by atoms with Gasteiger partial charge in [-0.05, 0) is 76.7 Å². The van der Waals surface area contributed by atoms with E-state index in [1.165, 1.54) is 31.7 Å². The fraction of sp³-hybridized carbons (Fsp3) is 0.714. The molecule has 0 aliphatic carbocycles. The number of nitrogens with zero attached hydrogens (tertiary/aromatic N) is 3. The normalized spacial score (nSPS) is 21.9. The zero-order valence-corrected chi connectivity index (χ0v) is 17.6. The SMILES string of the molecule is CSC[C@H](C)N1CCC(N2CCC(C(=O)NCc3cccnc3)CC2)CC1. The molecule has 3 heterocycles. The van der Waals surface area contributed by atoms with E-state index in [4.69, 9.17) is 0 Å². The summed E-state index contributed by atoms with van der Waals surface area (Å²) in [6, 6.07) is 5.31. The molecule has 1 aromatic rings. The number of piperidine rings is 2. The minimum Gasteiger partial charge on any atom is -0.352 e. The maximum atomic E-state index is 12.5. The van der Waals surface area contributed by atoms with Gasteiger partial charge in [0.05, 0.1) is 0 Å². The van der Waals surface area contributed by atoms with E-state index in [0.29, 0.717) is 18.6 Å². The van der Waals surface area contributed by atoms with Crippen molar-refractivity contribution in [3.63, 3.8) is 0 Å². The Bertz CT molecular complexity index is 569. The molecular weight excluding hydrogens is 356 g/mol. The molecule has 3 rings (SSSR count). The highest BCUT2D eigenvalue weighted by molar-refractivity contribution is 7.98. The lowest BCUT2D eigenvalue weighted by atomic mass is 9.92. The number of nitrogens with one attached hydrogen (secondary N) is 1. The molecule has 0 unspecified atom stereocenters. The highest BCUT2D eigenvalue weighted by Crippen LogP contribution is 2.25. The van der Waals surface area contributed by atoms with Crippen LogP contribution in [0.15, 0.2) is 24.5 Å². The molecule has 0 aromatic carbocycles. The number of hydrogen-bond donors (Lipinski definition) is 1. The van der Waals surface area contributed by atoms with Gasteiger partial charge in [-0.25, -0.2) is 0 Å². The van der Waals surface area contributed by atoms with Gasteiger partial charge in [0.25, 0.3) is 0 Å². The molecule has 2 saturated heterocycles. The molecule has 2 fully saturated rings. The molecular formula is C21H34N4OS. The Morgan fingerprint density at radius 2 is 2.00 bits per heavy atom. The van der Waals surface area contributed by atoms with Crippen molar-refractivity contribution in [2.75, 3.05) is 38.2 Å². The lowest BCUT2D eigenvalue weighted by Gasteiger charge is -2.43. The largest absolute Gasteiger partial charge is 0.352 e. The minimum atomic E-state index is 0.166. The monoisotopic (exact) mass is 390 g/mol. The number of carbonyl (C=O) groups excluding carboxylic acids is 1. The van der Waals surface area contributed by atoms with Crippen molar-refractivity contribution < 1.29 is 4.79 Å². The second kappa shape index (κ2) is 10.4. The Hall–Kier alpha value is -1.11. The van der Waals surface area contributed by atoms with Gasteiger partial charge < -0.3 is 10.2 Å². The first-order valence-corrected chi connectivity index (χ1v) is 11.7. The molecule has 27 heavy (non-hydrogen) atoms. The number of pyridine rings is 1. The van der Waals surface area contributed by atoms with E-state index in [9.17, 15) is 4.79 Å². The van der Waals surface area contributed by atoms with E-state index in [-0.39, 0.29) is 11.8 Å². The number of likely N-dealkylation sites (tertiary alicyclic amines) is 2. The van der Waals surface area contributed by atoms with Crippen molar-refractivity contribution in [2.45, 2.75) is 51.2 Å². The Kier molecular flexibility index (Phi) is 7.97. The van der Waals surface area contributed by atoms with E-state index >= 15 is 0 Å². The molecule has 0 saturated carbocycles. The number of hydrogen-bond acceptors (Lipinski definition) is 5. The summed E-state index contributed by atoms with van der Waals surface area (Å²) >= 11 is 1.94. The molecule has 0 radical (unpaired) electrons. The molecule has 2 aliphatic heterocycles. The maximum absolute atomic E-state index is 12.5. The van der Waals surface area contributed by atoms with Crippen LogP contribution >= 0.6 is 11.8 Å². The topological polar surface area (TPSA) is 48.5 Å². The van der Waals surface area contributed by atoms with Gasteiger partial charge in [0.15, 0.2) is 0 Å². The standard InChI is InChI=1S/C21H34N4OS/c1-17(16-27-2)24-12-7-20(8-13-24)25-10-5-19(6-11-25)21(26)23-15-18-4-3-9-22-14-18/h3-4,9,14,17,19-20H,5-8,10-13,15-16H2,1-2H3,(H,23,26)/t17-/m0/s1. The Morgan fingerprint density at radius 3 is 2.63 bits per heavy atom. The summed E-state index contributed by atoms with van der Waals surface area (Å²) in [6.45, 7) is 7.51. The van der Waals surface area contributed by atoms with Crippen molar-refractivity contribution in [3.05, 3.63) is 30.1 Å². The van der Waals surface area contributed by atoms with Gasteiger partial charge in [-0.1, -0.05) is 6.07 Å². The molecule has 6 heteroatoms. The summed E-state index contributed by atoms with van der Waals surface area (Å²) in [5.74, 6) is 1.60. The lowest BCUT2D eigenvalue weighted by molar-refractivity contribution is -0.126. The molecule has 5 nitrogen and oxygen atoms in total. The van der Waals surface area contributed by atoms with Gasteiger partial charge in [-0.2, -0.15) is 11.8 Å². The lowest BCUT2D eigenvalue weighted by Crippen LogP contribution is -2.50. The summed E-state index contributed by atoms with van der Waals surface area (Å²) in [5, 5.41) is 3.09. The molecule has 1 amide bonds.